The second kappa shape index (κ2) is 12.1. The van der Waals surface area contributed by atoms with Crippen molar-refractivity contribution in [3.63, 3.8) is 0 Å². The van der Waals surface area contributed by atoms with E-state index in [2.05, 4.69) is 63.7 Å². The van der Waals surface area contributed by atoms with Crippen molar-refractivity contribution < 1.29 is 9.53 Å². The van der Waals surface area contributed by atoms with E-state index >= 15 is 0 Å². The molecule has 7 nitrogen and oxygen atoms in total. The second-order valence-corrected chi connectivity index (χ2v) is 8.42. The number of carbonyl (C=O) groups is 1. The summed E-state index contributed by atoms with van der Waals surface area (Å²) in [6.45, 7) is 6.13. The first-order valence-electron chi connectivity index (χ1n) is 11.5. The van der Waals surface area contributed by atoms with Crippen LogP contribution < -0.4 is 16.0 Å². The Morgan fingerprint density at radius 1 is 1.09 bits per heavy atom. The Bertz CT molecular complexity index is 942. The maximum Gasteiger partial charge on any atom is 0.409 e. The molecule has 178 valence electrons. The molecule has 1 saturated heterocycles. The van der Waals surface area contributed by atoms with Crippen LogP contribution in [0.3, 0.4) is 0 Å². The Kier molecular flexibility index (Phi) is 9.22. The number of nitrogens with zero attached hydrogens (tertiary/aromatic N) is 3. The summed E-state index contributed by atoms with van der Waals surface area (Å²) in [5, 5.41) is 3.29. The predicted octanol–water partition coefficient (Wildman–Crippen LogP) is 3.89. The normalized spacial score (nSPS) is 16.2. The number of nitrogens with two attached hydrogens (primary N) is 1. The van der Waals surface area contributed by atoms with E-state index in [4.69, 9.17) is 10.5 Å². The molecule has 2 aliphatic heterocycles. The number of hydrogen-bond donors (Lipinski definition) is 2. The monoisotopic (exact) mass is 563 g/mol. The largest absolute Gasteiger partial charge is 0.450 e. The van der Waals surface area contributed by atoms with Crippen molar-refractivity contribution in [3.8, 4) is 0 Å². The summed E-state index contributed by atoms with van der Waals surface area (Å²) >= 11 is 0. The highest BCUT2D eigenvalue weighted by molar-refractivity contribution is 14.0. The molecule has 2 aromatic carbocycles. The lowest BCUT2D eigenvalue weighted by molar-refractivity contribution is 0.0963. The second-order valence-electron chi connectivity index (χ2n) is 8.42. The van der Waals surface area contributed by atoms with Crippen LogP contribution in [-0.2, 0) is 24.2 Å². The summed E-state index contributed by atoms with van der Waals surface area (Å²) in [6, 6.07) is 17.5. The minimum Gasteiger partial charge on any atom is -0.450 e. The van der Waals surface area contributed by atoms with Gasteiger partial charge in [-0.15, -0.1) is 24.0 Å². The fraction of sp³-hybridized carbons (Fsp3) is 0.440. The molecule has 3 N–H and O–H groups in total. The third-order valence-electron chi connectivity index (χ3n) is 6.18. The number of piperidine rings is 1. The van der Waals surface area contributed by atoms with Crippen molar-refractivity contribution in [3.05, 3.63) is 65.2 Å². The number of likely N-dealkylation sites (tertiary alicyclic amines) is 1. The number of fused-ring (bicyclic) bond motifs is 1. The first kappa shape index (κ1) is 25.1. The summed E-state index contributed by atoms with van der Waals surface area (Å²) in [5.41, 5.74) is 11.3. The fourth-order valence-electron chi connectivity index (χ4n) is 4.39. The lowest BCUT2D eigenvalue weighted by Gasteiger charge is -2.31. The molecule has 0 unspecified atom stereocenters. The number of ether oxygens (including phenoxy) is 1. The lowest BCUT2D eigenvalue weighted by Crippen LogP contribution is -2.48. The Hall–Kier alpha value is -2.49. The van der Waals surface area contributed by atoms with E-state index in [9.17, 15) is 4.79 Å². The van der Waals surface area contributed by atoms with Crippen LogP contribution in [0.25, 0.3) is 0 Å². The van der Waals surface area contributed by atoms with Gasteiger partial charge in [0, 0.05) is 37.9 Å². The number of nitrogens with one attached hydrogen (secondary N) is 1. The van der Waals surface area contributed by atoms with E-state index in [-0.39, 0.29) is 36.1 Å². The molecule has 0 atom stereocenters. The molecule has 0 saturated carbocycles. The molecule has 33 heavy (non-hydrogen) atoms. The van der Waals surface area contributed by atoms with E-state index < -0.39 is 0 Å². The zero-order chi connectivity index (χ0) is 22.3. The molecule has 2 aliphatic rings. The van der Waals surface area contributed by atoms with E-state index in [1.165, 1.54) is 16.8 Å². The minimum atomic E-state index is -0.232. The number of anilines is 1. The molecule has 0 aliphatic carbocycles. The maximum absolute atomic E-state index is 11.8. The van der Waals surface area contributed by atoms with Crippen LogP contribution in [0.15, 0.2) is 53.5 Å². The van der Waals surface area contributed by atoms with Gasteiger partial charge in [-0.3, -0.25) is 0 Å². The zero-order valence-corrected chi connectivity index (χ0v) is 21.5. The highest BCUT2D eigenvalue weighted by Crippen LogP contribution is 2.28. The van der Waals surface area contributed by atoms with Crippen molar-refractivity contribution in [2.75, 3.05) is 31.1 Å². The Labute approximate surface area is 213 Å². The number of para-hydroxylation sites is 1. The van der Waals surface area contributed by atoms with Gasteiger partial charge in [-0.05, 0) is 48.9 Å². The first-order valence-corrected chi connectivity index (χ1v) is 11.5. The van der Waals surface area contributed by atoms with Gasteiger partial charge in [0.05, 0.1) is 13.2 Å². The number of halogens is 1. The number of hydrogen-bond acceptors (Lipinski definition) is 4. The topological polar surface area (TPSA) is 83.2 Å². The number of rotatable bonds is 6. The predicted molar refractivity (Wildman–Crippen MR) is 143 cm³/mol. The van der Waals surface area contributed by atoms with E-state index in [1.807, 2.05) is 6.92 Å². The number of carbonyl (C=O) groups excluding carboxylic acids is 1. The molecule has 1 amide bonds. The van der Waals surface area contributed by atoms with Gasteiger partial charge >= 0.3 is 6.09 Å². The third kappa shape index (κ3) is 6.75. The van der Waals surface area contributed by atoms with Gasteiger partial charge in [0.15, 0.2) is 5.96 Å². The molecule has 8 heteroatoms. The van der Waals surface area contributed by atoms with Gasteiger partial charge in [-0.25, -0.2) is 9.79 Å². The SMILES string of the molecule is CCOC(=O)N1CCC(NC(N)=NCc2ccc(CN3CCc4ccccc43)cc2)CC1.I. The lowest BCUT2D eigenvalue weighted by atomic mass is 10.1. The molecular formula is C25H34IN5O2. The average Bonchev–Trinajstić information content (AvgIpc) is 3.22. The van der Waals surface area contributed by atoms with Crippen molar-refractivity contribution in [2.24, 2.45) is 10.7 Å². The molecule has 1 fully saturated rings. The van der Waals surface area contributed by atoms with Crippen LogP contribution >= 0.6 is 24.0 Å². The van der Waals surface area contributed by atoms with Gasteiger partial charge in [0.25, 0.3) is 0 Å². The van der Waals surface area contributed by atoms with Gasteiger partial charge in [-0.1, -0.05) is 42.5 Å². The van der Waals surface area contributed by atoms with Crippen LogP contribution in [0.5, 0.6) is 0 Å². The van der Waals surface area contributed by atoms with E-state index in [0.717, 1.165) is 37.9 Å². The average molecular weight is 563 g/mol. The molecule has 2 heterocycles. The van der Waals surface area contributed by atoms with Gasteiger partial charge in [0.2, 0.25) is 0 Å². The molecule has 2 aromatic rings. The molecular weight excluding hydrogens is 529 g/mol. The van der Waals surface area contributed by atoms with Gasteiger partial charge < -0.3 is 25.6 Å². The minimum absolute atomic E-state index is 0. The smallest absolute Gasteiger partial charge is 0.409 e. The van der Waals surface area contributed by atoms with Gasteiger partial charge in [-0.2, -0.15) is 0 Å². The summed E-state index contributed by atoms with van der Waals surface area (Å²) in [7, 11) is 0. The number of benzene rings is 2. The molecule has 0 spiro atoms. The highest BCUT2D eigenvalue weighted by Gasteiger charge is 2.23. The van der Waals surface area contributed by atoms with Crippen LogP contribution in [-0.4, -0.2) is 49.2 Å². The maximum atomic E-state index is 11.8. The summed E-state index contributed by atoms with van der Waals surface area (Å²) in [4.78, 5) is 20.5. The van der Waals surface area contributed by atoms with Crippen molar-refractivity contribution in [2.45, 2.75) is 45.3 Å². The van der Waals surface area contributed by atoms with Crippen molar-refractivity contribution in [1.82, 2.24) is 10.2 Å². The first-order chi connectivity index (χ1) is 15.6. The molecule has 4 rings (SSSR count). The summed E-state index contributed by atoms with van der Waals surface area (Å²) < 4.78 is 5.06. The number of amides is 1. The van der Waals surface area contributed by atoms with Crippen molar-refractivity contribution in [1.29, 1.82) is 0 Å². The van der Waals surface area contributed by atoms with Crippen LogP contribution in [0.4, 0.5) is 10.5 Å². The van der Waals surface area contributed by atoms with Crippen LogP contribution in [0, 0.1) is 0 Å². The van der Waals surface area contributed by atoms with Crippen LogP contribution in [0.2, 0.25) is 0 Å². The molecule has 0 aromatic heterocycles. The highest BCUT2D eigenvalue weighted by atomic mass is 127. The zero-order valence-electron chi connectivity index (χ0n) is 19.2. The standard InChI is InChI=1S/C25H33N5O2.HI/c1-2-32-25(31)29-15-12-22(13-16-29)28-24(26)27-17-19-7-9-20(10-8-19)18-30-14-11-21-5-3-4-6-23(21)30;/h3-10,22H,2,11-18H2,1H3,(H3,26,27,28);1H. The van der Waals surface area contributed by atoms with Crippen LogP contribution in [0.1, 0.15) is 36.5 Å². The third-order valence-corrected chi connectivity index (χ3v) is 6.18. The Morgan fingerprint density at radius 2 is 1.79 bits per heavy atom. The molecule has 0 radical (unpaired) electrons. The van der Waals surface area contributed by atoms with Crippen molar-refractivity contribution >= 4 is 41.7 Å². The fourth-order valence-corrected chi connectivity index (χ4v) is 4.39. The Morgan fingerprint density at radius 3 is 2.52 bits per heavy atom. The Balaban J connectivity index is 0.00000306. The quantitative estimate of drug-likeness (QED) is 0.317. The summed E-state index contributed by atoms with van der Waals surface area (Å²) in [6.07, 6.45) is 2.56. The number of aliphatic imine (C=N–C) groups is 1. The van der Waals surface area contributed by atoms with Gasteiger partial charge in [0.1, 0.15) is 0 Å². The van der Waals surface area contributed by atoms with E-state index in [1.54, 1.807) is 4.90 Å². The molecule has 0 bridgehead atoms. The number of guanidine groups is 1. The van der Waals surface area contributed by atoms with E-state index in [0.29, 0.717) is 32.2 Å². The summed E-state index contributed by atoms with van der Waals surface area (Å²) in [5.74, 6) is 0.456.